The number of primary amides is 1. The third kappa shape index (κ3) is 4.88. The van der Waals surface area contributed by atoms with Crippen molar-refractivity contribution in [3.63, 3.8) is 0 Å². The smallest absolute Gasteiger partial charge is 0.233 e. The molecule has 8 heteroatoms. The molecule has 1 aromatic carbocycles. The zero-order valence-corrected chi connectivity index (χ0v) is 16.3. The number of aromatic nitrogens is 3. The summed E-state index contributed by atoms with van der Waals surface area (Å²) in [7, 11) is 0. The van der Waals surface area contributed by atoms with Crippen LogP contribution in [0.5, 0.6) is 0 Å². The molecule has 27 heavy (non-hydrogen) atoms. The summed E-state index contributed by atoms with van der Waals surface area (Å²) in [6, 6.07) is 10.2. The number of nitrogens with zero attached hydrogens (tertiary/aromatic N) is 4. The van der Waals surface area contributed by atoms with Crippen LogP contribution in [0.25, 0.3) is 0 Å². The van der Waals surface area contributed by atoms with Crippen LogP contribution in [-0.4, -0.2) is 50.3 Å². The summed E-state index contributed by atoms with van der Waals surface area (Å²) in [5.74, 6) is 0.924. The predicted octanol–water partition coefficient (Wildman–Crippen LogP) is 1.70. The van der Waals surface area contributed by atoms with Crippen LogP contribution in [0, 0.1) is 5.92 Å². The van der Waals surface area contributed by atoms with E-state index in [1.54, 1.807) is 0 Å². The summed E-state index contributed by atoms with van der Waals surface area (Å²) in [4.78, 5) is 25.5. The highest BCUT2D eigenvalue weighted by molar-refractivity contribution is 7.99. The lowest BCUT2D eigenvalue weighted by Crippen LogP contribution is -2.42. The van der Waals surface area contributed by atoms with Gasteiger partial charge in [0.2, 0.25) is 11.8 Å². The van der Waals surface area contributed by atoms with E-state index in [9.17, 15) is 9.59 Å². The molecule has 0 saturated carbocycles. The van der Waals surface area contributed by atoms with E-state index in [1.807, 2.05) is 23.1 Å². The van der Waals surface area contributed by atoms with Crippen molar-refractivity contribution < 1.29 is 9.59 Å². The lowest BCUT2D eigenvalue weighted by molar-refractivity contribution is -0.132. The van der Waals surface area contributed by atoms with Crippen molar-refractivity contribution in [2.75, 3.05) is 18.8 Å². The molecule has 0 aliphatic carbocycles. The van der Waals surface area contributed by atoms with Crippen molar-refractivity contribution in [1.29, 1.82) is 0 Å². The number of hydrogen-bond donors (Lipinski definition) is 1. The second-order valence-electron chi connectivity index (χ2n) is 6.65. The second kappa shape index (κ2) is 9.03. The van der Waals surface area contributed by atoms with Gasteiger partial charge in [0, 0.05) is 32.0 Å². The summed E-state index contributed by atoms with van der Waals surface area (Å²) in [5, 5.41) is 9.36. The number of amides is 2. The van der Waals surface area contributed by atoms with Crippen LogP contribution in [0.15, 0.2) is 35.5 Å². The molecule has 7 nitrogen and oxygen atoms in total. The number of carbonyl (C=O) groups is 2. The molecule has 144 valence electrons. The third-order valence-electron chi connectivity index (χ3n) is 4.89. The molecule has 3 rings (SSSR count). The van der Waals surface area contributed by atoms with Gasteiger partial charge in [0.15, 0.2) is 5.16 Å². The minimum Gasteiger partial charge on any atom is -0.369 e. The highest BCUT2D eigenvalue weighted by Crippen LogP contribution is 2.21. The van der Waals surface area contributed by atoms with Crippen LogP contribution in [0.3, 0.4) is 0 Å². The Morgan fingerprint density at radius 1 is 1.19 bits per heavy atom. The van der Waals surface area contributed by atoms with Crippen LogP contribution >= 0.6 is 11.8 Å². The van der Waals surface area contributed by atoms with E-state index in [4.69, 9.17) is 5.73 Å². The molecule has 1 aliphatic heterocycles. The molecule has 1 aromatic heterocycles. The summed E-state index contributed by atoms with van der Waals surface area (Å²) >= 11 is 1.42. The van der Waals surface area contributed by atoms with Crippen molar-refractivity contribution in [3.8, 4) is 0 Å². The highest BCUT2D eigenvalue weighted by atomic mass is 32.2. The van der Waals surface area contributed by atoms with E-state index in [0.717, 1.165) is 23.9 Å². The Morgan fingerprint density at radius 3 is 2.52 bits per heavy atom. The van der Waals surface area contributed by atoms with Gasteiger partial charge in [0.25, 0.3) is 0 Å². The Balaban J connectivity index is 1.56. The van der Waals surface area contributed by atoms with Crippen LogP contribution in [0.4, 0.5) is 0 Å². The second-order valence-corrected chi connectivity index (χ2v) is 7.59. The molecule has 0 spiro atoms. The van der Waals surface area contributed by atoms with Crippen molar-refractivity contribution >= 4 is 23.6 Å². The molecular weight excluding hydrogens is 362 g/mol. The Morgan fingerprint density at radius 2 is 1.89 bits per heavy atom. The Hall–Kier alpha value is -2.35. The van der Waals surface area contributed by atoms with E-state index in [1.165, 1.54) is 17.3 Å². The van der Waals surface area contributed by atoms with Gasteiger partial charge >= 0.3 is 0 Å². The van der Waals surface area contributed by atoms with Crippen LogP contribution in [0.1, 0.15) is 31.2 Å². The fourth-order valence-electron chi connectivity index (χ4n) is 3.28. The minimum atomic E-state index is -0.265. The Kier molecular flexibility index (Phi) is 6.49. The molecule has 2 heterocycles. The van der Waals surface area contributed by atoms with Gasteiger partial charge in [-0.2, -0.15) is 0 Å². The molecule has 1 fully saturated rings. The zero-order chi connectivity index (χ0) is 19.2. The van der Waals surface area contributed by atoms with E-state index in [0.29, 0.717) is 31.7 Å². The van der Waals surface area contributed by atoms with Crippen LogP contribution in [0.2, 0.25) is 0 Å². The number of rotatable bonds is 7. The van der Waals surface area contributed by atoms with Crippen molar-refractivity contribution in [3.05, 3.63) is 41.7 Å². The Bertz CT molecular complexity index is 785. The van der Waals surface area contributed by atoms with Gasteiger partial charge in [-0.1, -0.05) is 42.1 Å². The van der Waals surface area contributed by atoms with Crippen LogP contribution < -0.4 is 5.73 Å². The maximum atomic E-state index is 12.5. The monoisotopic (exact) mass is 387 g/mol. The molecule has 1 aliphatic rings. The average Bonchev–Trinajstić information content (AvgIpc) is 3.08. The van der Waals surface area contributed by atoms with Gasteiger partial charge in [-0.25, -0.2) is 0 Å². The lowest BCUT2D eigenvalue weighted by atomic mass is 9.96. The number of piperidine rings is 1. The maximum Gasteiger partial charge on any atom is 0.233 e. The first-order chi connectivity index (χ1) is 13.1. The van der Waals surface area contributed by atoms with E-state index in [-0.39, 0.29) is 17.7 Å². The first kappa shape index (κ1) is 19.4. The van der Waals surface area contributed by atoms with Gasteiger partial charge in [0.1, 0.15) is 5.82 Å². The largest absolute Gasteiger partial charge is 0.369 e. The van der Waals surface area contributed by atoms with E-state index < -0.39 is 0 Å². The number of carbonyl (C=O) groups excluding carboxylic acids is 2. The zero-order valence-electron chi connectivity index (χ0n) is 15.5. The predicted molar refractivity (Wildman–Crippen MR) is 104 cm³/mol. The summed E-state index contributed by atoms with van der Waals surface area (Å²) in [5.41, 5.74) is 6.53. The van der Waals surface area contributed by atoms with Gasteiger partial charge in [-0.15, -0.1) is 10.2 Å². The van der Waals surface area contributed by atoms with E-state index in [2.05, 4.69) is 33.8 Å². The number of likely N-dealkylation sites (tertiary alicyclic amines) is 1. The summed E-state index contributed by atoms with van der Waals surface area (Å²) in [6.07, 6.45) is 2.02. The minimum absolute atomic E-state index is 0.0678. The SMILES string of the molecule is CCn1c(Cc2ccccc2)nnc1SCC(=O)N1CCC(C(N)=O)CC1. The fourth-order valence-corrected chi connectivity index (χ4v) is 4.21. The summed E-state index contributed by atoms with van der Waals surface area (Å²) in [6.45, 7) is 3.99. The number of nitrogens with two attached hydrogens (primary N) is 1. The number of hydrogen-bond acceptors (Lipinski definition) is 5. The molecule has 0 unspecified atom stereocenters. The molecule has 2 N–H and O–H groups in total. The molecular formula is C19H25N5O2S. The molecule has 0 bridgehead atoms. The molecule has 0 radical (unpaired) electrons. The van der Waals surface area contributed by atoms with Gasteiger partial charge < -0.3 is 15.2 Å². The van der Waals surface area contributed by atoms with Gasteiger partial charge in [-0.05, 0) is 25.3 Å². The first-order valence-electron chi connectivity index (χ1n) is 9.24. The topological polar surface area (TPSA) is 94.1 Å². The normalized spacial score (nSPS) is 15.1. The van der Waals surface area contributed by atoms with Crippen LogP contribution in [-0.2, 0) is 22.6 Å². The third-order valence-corrected chi connectivity index (χ3v) is 5.84. The standard InChI is InChI=1S/C19H25N5O2S/c1-2-24-16(12-14-6-4-3-5-7-14)21-22-19(24)27-13-17(25)23-10-8-15(9-11-23)18(20)26/h3-7,15H,2,8-13H2,1H3,(H2,20,26). The number of benzene rings is 1. The van der Waals surface area contributed by atoms with Crippen molar-refractivity contribution in [2.45, 2.75) is 37.9 Å². The first-order valence-corrected chi connectivity index (χ1v) is 10.2. The van der Waals surface area contributed by atoms with E-state index >= 15 is 0 Å². The fraction of sp³-hybridized carbons (Fsp3) is 0.474. The molecule has 2 amide bonds. The van der Waals surface area contributed by atoms with Crippen molar-refractivity contribution in [1.82, 2.24) is 19.7 Å². The van der Waals surface area contributed by atoms with Gasteiger partial charge in [0.05, 0.1) is 5.75 Å². The van der Waals surface area contributed by atoms with Gasteiger partial charge in [-0.3, -0.25) is 9.59 Å². The molecule has 1 saturated heterocycles. The highest BCUT2D eigenvalue weighted by Gasteiger charge is 2.26. The maximum absolute atomic E-state index is 12.5. The molecule has 0 atom stereocenters. The number of thioether (sulfide) groups is 1. The summed E-state index contributed by atoms with van der Waals surface area (Å²) < 4.78 is 2.06. The Labute approximate surface area is 163 Å². The van der Waals surface area contributed by atoms with Crippen molar-refractivity contribution in [2.24, 2.45) is 11.7 Å². The lowest BCUT2D eigenvalue weighted by Gasteiger charge is -2.30. The quantitative estimate of drug-likeness (QED) is 0.730. The average molecular weight is 388 g/mol. The molecule has 2 aromatic rings.